The minimum absolute atomic E-state index is 0. The molecule has 1 unspecified atom stereocenters. The number of benzene rings is 1. The number of amides is 1. The largest absolute Gasteiger partial charge is 0.326 e. The van der Waals surface area contributed by atoms with Gasteiger partial charge in [-0.05, 0) is 49.3 Å². The summed E-state index contributed by atoms with van der Waals surface area (Å²) in [5.41, 5.74) is 0.500. The van der Waals surface area contributed by atoms with Gasteiger partial charge < -0.3 is 5.32 Å². The number of hydrogen-bond donors (Lipinski definition) is 4. The van der Waals surface area contributed by atoms with E-state index in [1.807, 2.05) is 0 Å². The number of rotatable bonds is 9. The molecule has 1 amide bonds. The van der Waals surface area contributed by atoms with Gasteiger partial charge in [0.25, 0.3) is 10.1 Å². The maximum Gasteiger partial charge on any atom is 0.294 e. The molecule has 0 aliphatic rings. The number of carbonyl (C=O) groups is 1. The van der Waals surface area contributed by atoms with Gasteiger partial charge in [0.05, 0.1) is 4.90 Å². The zero-order valence-corrected chi connectivity index (χ0v) is 17.7. The molecule has 0 aliphatic carbocycles. The van der Waals surface area contributed by atoms with E-state index >= 15 is 0 Å². The summed E-state index contributed by atoms with van der Waals surface area (Å²) in [4.78, 5) is 11.6. The van der Waals surface area contributed by atoms with Gasteiger partial charge in [-0.3, -0.25) is 9.35 Å². The normalized spacial score (nSPS) is 12.3. The number of unbranched alkanes of at least 4 members (excludes halogenated alkanes) is 1. The predicted octanol–water partition coefficient (Wildman–Crippen LogP) is 2.67. The van der Waals surface area contributed by atoms with Crippen LogP contribution in [0.15, 0.2) is 29.2 Å². The van der Waals surface area contributed by atoms with Crippen LogP contribution in [-0.4, -0.2) is 59.4 Å². The van der Waals surface area contributed by atoms with E-state index in [4.69, 9.17) is 4.55 Å². The second kappa shape index (κ2) is 11.8. The van der Waals surface area contributed by atoms with Crippen LogP contribution in [0.5, 0.6) is 0 Å². The van der Waals surface area contributed by atoms with E-state index in [9.17, 15) is 13.2 Å². The SMILES string of the molecule is O=C(CCCCC(S)CCS)Nc1ccc(S(=O)(=O)O)cc1.[Na]. The number of thiol groups is 2. The fraction of sp³-hybridized carbons (Fsp3) is 0.500. The van der Waals surface area contributed by atoms with E-state index in [-0.39, 0.29) is 40.4 Å². The van der Waals surface area contributed by atoms with Gasteiger partial charge >= 0.3 is 0 Å². The van der Waals surface area contributed by atoms with Crippen molar-refractivity contribution in [2.45, 2.75) is 42.2 Å². The van der Waals surface area contributed by atoms with Crippen LogP contribution in [0.3, 0.4) is 0 Å². The van der Waals surface area contributed by atoms with Crippen LogP contribution in [0.25, 0.3) is 0 Å². The molecule has 0 saturated heterocycles. The topological polar surface area (TPSA) is 83.5 Å². The van der Waals surface area contributed by atoms with Crippen LogP contribution < -0.4 is 5.32 Å². The summed E-state index contributed by atoms with van der Waals surface area (Å²) in [7, 11) is -4.20. The Bertz CT molecular complexity index is 578. The molecule has 125 valence electrons. The summed E-state index contributed by atoms with van der Waals surface area (Å²) in [5.74, 6) is 0.693. The molecule has 1 radical (unpaired) electrons. The Morgan fingerprint density at radius 1 is 1.17 bits per heavy atom. The monoisotopic (exact) mass is 386 g/mol. The quantitative estimate of drug-likeness (QED) is 0.228. The molecule has 0 heterocycles. The minimum atomic E-state index is -4.20. The van der Waals surface area contributed by atoms with E-state index in [2.05, 4.69) is 30.6 Å². The van der Waals surface area contributed by atoms with Gasteiger partial charge in [-0.1, -0.05) is 6.42 Å². The van der Waals surface area contributed by atoms with Crippen molar-refractivity contribution >= 4 is 76.5 Å². The molecule has 0 aromatic heterocycles. The Labute approximate surface area is 170 Å². The molecule has 0 aliphatic heterocycles. The molecular weight excluding hydrogens is 365 g/mol. The van der Waals surface area contributed by atoms with Gasteiger partial charge in [0, 0.05) is 46.9 Å². The van der Waals surface area contributed by atoms with Gasteiger partial charge in [-0.25, -0.2) is 0 Å². The summed E-state index contributed by atoms with van der Waals surface area (Å²) >= 11 is 8.58. The van der Waals surface area contributed by atoms with E-state index in [0.29, 0.717) is 17.4 Å². The van der Waals surface area contributed by atoms with E-state index < -0.39 is 10.1 Å². The predicted molar refractivity (Wildman–Crippen MR) is 100 cm³/mol. The van der Waals surface area contributed by atoms with Gasteiger partial charge in [0.2, 0.25) is 5.91 Å². The zero-order chi connectivity index (χ0) is 16.6. The Morgan fingerprint density at radius 3 is 2.30 bits per heavy atom. The van der Waals surface area contributed by atoms with Crippen molar-refractivity contribution in [2.24, 2.45) is 0 Å². The average molecular weight is 387 g/mol. The Hall–Kier alpha value is 0.300. The van der Waals surface area contributed by atoms with Crippen LogP contribution in [0.1, 0.15) is 32.1 Å². The molecule has 0 saturated carbocycles. The molecule has 5 nitrogen and oxygen atoms in total. The van der Waals surface area contributed by atoms with Crippen molar-refractivity contribution < 1.29 is 17.8 Å². The summed E-state index contributed by atoms with van der Waals surface area (Å²) < 4.78 is 30.7. The van der Waals surface area contributed by atoms with Gasteiger partial charge in [0.15, 0.2) is 0 Å². The Kier molecular flexibility index (Phi) is 11.9. The van der Waals surface area contributed by atoms with Crippen molar-refractivity contribution in [2.75, 3.05) is 11.1 Å². The van der Waals surface area contributed by atoms with E-state index in [1.54, 1.807) is 0 Å². The third kappa shape index (κ3) is 10.0. The number of carbonyl (C=O) groups excluding carboxylic acids is 1. The third-order valence-electron chi connectivity index (χ3n) is 3.09. The maximum absolute atomic E-state index is 11.8. The molecule has 1 aromatic carbocycles. The first-order chi connectivity index (χ1) is 10.3. The Morgan fingerprint density at radius 2 is 1.78 bits per heavy atom. The first kappa shape index (κ1) is 23.3. The van der Waals surface area contributed by atoms with Crippen LogP contribution in [-0.2, 0) is 14.9 Å². The zero-order valence-electron chi connectivity index (χ0n) is 13.1. The summed E-state index contributed by atoms with van der Waals surface area (Å²) in [6.45, 7) is 0. The van der Waals surface area contributed by atoms with Gasteiger partial charge in [-0.2, -0.15) is 33.7 Å². The van der Waals surface area contributed by atoms with Crippen molar-refractivity contribution in [3.8, 4) is 0 Å². The maximum atomic E-state index is 11.8. The Balaban J connectivity index is 0.00000484. The number of hydrogen-bond acceptors (Lipinski definition) is 5. The van der Waals surface area contributed by atoms with Crippen LogP contribution in [0.4, 0.5) is 5.69 Å². The standard InChI is InChI=1S/C14H21NO4S3.Na/c16-14(4-2-1-3-12(21)9-10-20)15-11-5-7-13(8-6-11)22(17,18)19;/h5-8,12,20-21H,1-4,9-10H2,(H,15,16)(H,17,18,19);. The van der Waals surface area contributed by atoms with Crippen molar-refractivity contribution in [3.63, 3.8) is 0 Å². The van der Waals surface area contributed by atoms with Crippen molar-refractivity contribution in [1.29, 1.82) is 0 Å². The molecule has 0 bridgehead atoms. The number of nitrogens with one attached hydrogen (secondary N) is 1. The van der Waals surface area contributed by atoms with Gasteiger partial charge in [-0.15, -0.1) is 0 Å². The van der Waals surface area contributed by atoms with Crippen molar-refractivity contribution in [3.05, 3.63) is 24.3 Å². The summed E-state index contributed by atoms with van der Waals surface area (Å²) in [5, 5.41) is 3.01. The van der Waals surface area contributed by atoms with Crippen LogP contribution >= 0.6 is 25.3 Å². The molecule has 23 heavy (non-hydrogen) atoms. The average Bonchev–Trinajstić information content (AvgIpc) is 2.43. The molecule has 1 aromatic rings. The van der Waals surface area contributed by atoms with E-state index in [1.165, 1.54) is 24.3 Å². The number of anilines is 1. The van der Waals surface area contributed by atoms with E-state index in [0.717, 1.165) is 31.4 Å². The fourth-order valence-corrected chi connectivity index (χ4v) is 3.20. The molecule has 2 N–H and O–H groups in total. The molecule has 0 spiro atoms. The van der Waals surface area contributed by atoms with Crippen LogP contribution in [0.2, 0.25) is 0 Å². The molecular formula is C14H21NNaO4S3. The van der Waals surface area contributed by atoms with Crippen molar-refractivity contribution in [1.82, 2.24) is 0 Å². The van der Waals surface area contributed by atoms with Crippen LogP contribution in [0, 0.1) is 0 Å². The molecule has 0 fully saturated rings. The second-order valence-electron chi connectivity index (χ2n) is 4.96. The summed E-state index contributed by atoms with van der Waals surface area (Å²) in [6, 6.07) is 5.37. The third-order valence-corrected chi connectivity index (χ3v) is 4.73. The fourth-order valence-electron chi connectivity index (χ4n) is 1.89. The van der Waals surface area contributed by atoms with Gasteiger partial charge in [0.1, 0.15) is 0 Å². The summed E-state index contributed by atoms with van der Waals surface area (Å²) in [6.07, 6.45) is 4.02. The molecule has 1 atom stereocenters. The minimum Gasteiger partial charge on any atom is -0.326 e. The second-order valence-corrected chi connectivity index (χ2v) is 7.56. The smallest absolute Gasteiger partial charge is 0.294 e. The molecule has 1 rings (SSSR count). The first-order valence-corrected chi connectivity index (χ1v) is 9.58. The first-order valence-electron chi connectivity index (χ1n) is 6.99. The molecule has 9 heteroatoms.